The van der Waals surface area contributed by atoms with E-state index in [2.05, 4.69) is 37.1 Å². The van der Waals surface area contributed by atoms with Crippen molar-refractivity contribution in [3.8, 4) is 22.3 Å². The van der Waals surface area contributed by atoms with Crippen LogP contribution in [0.3, 0.4) is 0 Å². The fourth-order valence-corrected chi connectivity index (χ4v) is 5.05. The minimum atomic E-state index is -0.241. The predicted molar refractivity (Wildman–Crippen MR) is 134 cm³/mol. The Morgan fingerprint density at radius 3 is 2.77 bits per heavy atom. The van der Waals surface area contributed by atoms with Crippen LogP contribution < -0.4 is 0 Å². The van der Waals surface area contributed by atoms with Gasteiger partial charge in [-0.1, -0.05) is 12.1 Å². The molecule has 1 fully saturated rings. The smallest absolute Gasteiger partial charge is 0.137 e. The molecule has 0 amide bonds. The Kier molecular flexibility index (Phi) is 5.62. The summed E-state index contributed by atoms with van der Waals surface area (Å²) in [7, 11) is 0. The maximum absolute atomic E-state index is 13.6. The standard InChI is InChI=1S/C26H25ClFN7/c1-17-25(16-34(32-17)14-18-3-2-4-21(28)9-18)24-13-30-26-23(24)10-19(11-29-26)20-12-31-35(15-20)22-5-7-33(27)8-6-22/h2-4,9-13,15-16,22H,5-8,14H2,1H3,(H,29,30). The minimum Gasteiger partial charge on any atom is -0.346 e. The maximum atomic E-state index is 13.6. The number of nitrogens with zero attached hydrogens (tertiary/aromatic N) is 6. The van der Waals surface area contributed by atoms with Crippen LogP contribution in [0.2, 0.25) is 0 Å². The van der Waals surface area contributed by atoms with Gasteiger partial charge >= 0.3 is 0 Å². The Morgan fingerprint density at radius 2 is 1.94 bits per heavy atom. The van der Waals surface area contributed by atoms with E-state index >= 15 is 0 Å². The fourth-order valence-electron chi connectivity index (χ4n) is 4.86. The van der Waals surface area contributed by atoms with Crippen molar-refractivity contribution in [2.24, 2.45) is 0 Å². The summed E-state index contributed by atoms with van der Waals surface area (Å²) in [5.74, 6) is -0.241. The maximum Gasteiger partial charge on any atom is 0.137 e. The molecule has 6 rings (SSSR count). The molecule has 0 atom stereocenters. The van der Waals surface area contributed by atoms with Crippen molar-refractivity contribution in [1.29, 1.82) is 0 Å². The second-order valence-corrected chi connectivity index (χ2v) is 9.61. The first-order chi connectivity index (χ1) is 17.0. The molecule has 1 aromatic carbocycles. The highest BCUT2D eigenvalue weighted by Crippen LogP contribution is 2.33. The number of pyridine rings is 1. The van der Waals surface area contributed by atoms with Gasteiger partial charge in [0.05, 0.1) is 24.5 Å². The molecule has 35 heavy (non-hydrogen) atoms. The van der Waals surface area contributed by atoms with Crippen molar-refractivity contribution in [3.63, 3.8) is 0 Å². The molecule has 0 radical (unpaired) electrons. The van der Waals surface area contributed by atoms with E-state index in [9.17, 15) is 4.39 Å². The van der Waals surface area contributed by atoms with Crippen LogP contribution in [-0.2, 0) is 6.54 Å². The van der Waals surface area contributed by atoms with E-state index in [1.807, 2.05) is 46.9 Å². The first kappa shape index (κ1) is 22.0. The number of aryl methyl sites for hydroxylation is 1. The molecule has 178 valence electrons. The average molecular weight is 490 g/mol. The summed E-state index contributed by atoms with van der Waals surface area (Å²) >= 11 is 6.11. The Morgan fingerprint density at radius 1 is 1.09 bits per heavy atom. The highest BCUT2D eigenvalue weighted by atomic mass is 35.5. The minimum absolute atomic E-state index is 0.241. The number of piperidine rings is 1. The summed E-state index contributed by atoms with van der Waals surface area (Å²) in [6, 6.07) is 9.13. The zero-order valence-electron chi connectivity index (χ0n) is 19.3. The number of rotatable bonds is 5. The van der Waals surface area contributed by atoms with Gasteiger partial charge in [-0.25, -0.2) is 13.8 Å². The molecule has 1 aliphatic heterocycles. The molecule has 0 bridgehead atoms. The molecule has 1 N–H and O–H groups in total. The number of benzene rings is 1. The lowest BCUT2D eigenvalue weighted by atomic mass is 10.0. The normalized spacial score (nSPS) is 15.3. The van der Waals surface area contributed by atoms with Gasteiger partial charge in [0.15, 0.2) is 0 Å². The van der Waals surface area contributed by atoms with E-state index in [4.69, 9.17) is 11.8 Å². The number of aromatic nitrogens is 6. The number of nitrogens with one attached hydrogen (secondary N) is 1. The molecule has 1 aliphatic rings. The molecule has 1 saturated heterocycles. The van der Waals surface area contributed by atoms with Gasteiger partial charge in [-0.2, -0.15) is 10.2 Å². The number of H-pyrrole nitrogens is 1. The zero-order chi connectivity index (χ0) is 23.9. The van der Waals surface area contributed by atoms with Crippen LogP contribution in [0.5, 0.6) is 0 Å². The van der Waals surface area contributed by atoms with Crippen LogP contribution in [-0.4, -0.2) is 47.0 Å². The Bertz CT molecular complexity index is 1490. The van der Waals surface area contributed by atoms with E-state index in [0.29, 0.717) is 12.6 Å². The molecule has 0 saturated carbocycles. The lowest BCUT2D eigenvalue weighted by molar-refractivity contribution is 0.269. The van der Waals surface area contributed by atoms with Crippen LogP contribution in [0.15, 0.2) is 61.3 Å². The fraction of sp³-hybridized carbons (Fsp3) is 0.269. The third-order valence-electron chi connectivity index (χ3n) is 6.72. The highest BCUT2D eigenvalue weighted by molar-refractivity contribution is 6.13. The second-order valence-electron chi connectivity index (χ2n) is 9.13. The van der Waals surface area contributed by atoms with Crippen molar-refractivity contribution in [2.75, 3.05) is 13.1 Å². The highest BCUT2D eigenvalue weighted by Gasteiger charge is 2.21. The molecule has 0 unspecified atom stereocenters. The Hall–Kier alpha value is -3.49. The van der Waals surface area contributed by atoms with Gasteiger partial charge in [0.1, 0.15) is 11.5 Å². The molecule has 5 heterocycles. The molecule has 9 heteroatoms. The lowest BCUT2D eigenvalue weighted by Crippen LogP contribution is -2.28. The topological polar surface area (TPSA) is 67.6 Å². The van der Waals surface area contributed by atoms with Crippen molar-refractivity contribution < 1.29 is 4.39 Å². The van der Waals surface area contributed by atoms with E-state index in [0.717, 1.165) is 70.5 Å². The first-order valence-corrected chi connectivity index (χ1v) is 12.1. The van der Waals surface area contributed by atoms with E-state index in [1.165, 1.54) is 12.1 Å². The summed E-state index contributed by atoms with van der Waals surface area (Å²) in [6.07, 6.45) is 11.9. The summed E-state index contributed by atoms with van der Waals surface area (Å²) in [4.78, 5) is 7.95. The SMILES string of the molecule is Cc1nn(Cc2cccc(F)c2)cc1-c1c[nH]c2ncc(-c3cnn(C4CCN(Cl)CC4)c3)cc12. The van der Waals surface area contributed by atoms with Gasteiger partial charge in [0.2, 0.25) is 0 Å². The van der Waals surface area contributed by atoms with Gasteiger partial charge in [0, 0.05) is 65.5 Å². The van der Waals surface area contributed by atoms with Crippen molar-refractivity contribution in [1.82, 2.24) is 33.9 Å². The quantitative estimate of drug-likeness (QED) is 0.327. The predicted octanol–water partition coefficient (Wildman–Crippen LogP) is 5.58. The summed E-state index contributed by atoms with van der Waals surface area (Å²) in [5, 5.41) is 10.3. The van der Waals surface area contributed by atoms with Gasteiger partial charge < -0.3 is 4.98 Å². The molecule has 0 aliphatic carbocycles. The van der Waals surface area contributed by atoms with Crippen LogP contribution >= 0.6 is 11.8 Å². The molecular weight excluding hydrogens is 465 g/mol. The third-order valence-corrected chi connectivity index (χ3v) is 7.06. The van der Waals surface area contributed by atoms with Crippen LogP contribution in [0.25, 0.3) is 33.3 Å². The summed E-state index contributed by atoms with van der Waals surface area (Å²) < 4.78 is 19.4. The van der Waals surface area contributed by atoms with E-state index < -0.39 is 0 Å². The van der Waals surface area contributed by atoms with Crippen LogP contribution in [0.1, 0.15) is 30.1 Å². The van der Waals surface area contributed by atoms with Gasteiger partial charge in [-0.3, -0.25) is 9.36 Å². The Labute approximate surface area is 207 Å². The van der Waals surface area contributed by atoms with Crippen molar-refractivity contribution >= 4 is 22.8 Å². The Balaban J connectivity index is 1.30. The molecular formula is C26H25ClFN7. The molecule has 5 aromatic rings. The number of aromatic amines is 1. The van der Waals surface area contributed by atoms with Crippen molar-refractivity contribution in [2.45, 2.75) is 32.4 Å². The molecule has 7 nitrogen and oxygen atoms in total. The summed E-state index contributed by atoms with van der Waals surface area (Å²) in [6.45, 7) is 4.23. The largest absolute Gasteiger partial charge is 0.346 e. The summed E-state index contributed by atoms with van der Waals surface area (Å²) in [5.41, 5.74) is 6.72. The molecule has 0 spiro atoms. The van der Waals surface area contributed by atoms with E-state index in [-0.39, 0.29) is 5.82 Å². The zero-order valence-corrected chi connectivity index (χ0v) is 20.1. The molecule has 4 aromatic heterocycles. The van der Waals surface area contributed by atoms with Gasteiger partial charge in [-0.15, -0.1) is 0 Å². The monoisotopic (exact) mass is 489 g/mol. The first-order valence-electron chi connectivity index (χ1n) is 11.7. The van der Waals surface area contributed by atoms with Gasteiger partial charge in [-0.05, 0) is 55.3 Å². The van der Waals surface area contributed by atoms with Crippen LogP contribution in [0, 0.1) is 12.7 Å². The van der Waals surface area contributed by atoms with E-state index in [1.54, 1.807) is 6.07 Å². The number of hydrogen-bond acceptors (Lipinski definition) is 4. The lowest BCUT2D eigenvalue weighted by Gasteiger charge is -2.27. The van der Waals surface area contributed by atoms with Gasteiger partial charge in [0.25, 0.3) is 0 Å². The number of hydrogen-bond donors (Lipinski definition) is 1. The second kappa shape index (κ2) is 8.94. The third kappa shape index (κ3) is 4.35. The number of halogens is 2. The number of fused-ring (bicyclic) bond motifs is 1. The average Bonchev–Trinajstić information content (AvgIpc) is 3.58. The van der Waals surface area contributed by atoms with Crippen LogP contribution in [0.4, 0.5) is 4.39 Å². The van der Waals surface area contributed by atoms with Crippen molar-refractivity contribution in [3.05, 3.63) is 78.4 Å².